The minimum Gasteiger partial charge on any atom is -0.456 e. The highest BCUT2D eigenvalue weighted by Gasteiger charge is 2.19. The molecule has 6 heteroatoms. The number of nitrogens with zero attached hydrogens (tertiary/aromatic N) is 5. The first-order valence-corrected chi connectivity index (χ1v) is 13.9. The summed E-state index contributed by atoms with van der Waals surface area (Å²) in [5.74, 6) is 1.57. The van der Waals surface area contributed by atoms with Crippen LogP contribution in [-0.4, -0.2) is 14.1 Å². The summed E-state index contributed by atoms with van der Waals surface area (Å²) in [6.07, 6.45) is 0. The minimum atomic E-state index is 0.596. The summed E-state index contributed by atoms with van der Waals surface area (Å²) in [4.78, 5) is 5.25. The highest BCUT2D eigenvalue weighted by Crippen LogP contribution is 2.39. The van der Waals surface area contributed by atoms with E-state index < -0.39 is 0 Å². The molecule has 0 fully saturated rings. The Morgan fingerprint density at radius 3 is 1.72 bits per heavy atom. The van der Waals surface area contributed by atoms with Gasteiger partial charge in [0.15, 0.2) is 0 Å². The number of nitriles is 2. The molecule has 4 aromatic heterocycles. The van der Waals surface area contributed by atoms with E-state index in [9.17, 15) is 10.5 Å². The lowest BCUT2D eigenvalue weighted by molar-refractivity contribution is 0.669. The van der Waals surface area contributed by atoms with Gasteiger partial charge >= 0.3 is 0 Å². The van der Waals surface area contributed by atoms with Crippen molar-refractivity contribution in [2.24, 2.45) is 0 Å². The van der Waals surface area contributed by atoms with Crippen molar-refractivity contribution in [2.45, 2.75) is 0 Å². The molecule has 0 bridgehead atoms. The molecule has 0 unspecified atom stereocenters. The van der Waals surface area contributed by atoms with E-state index in [0.29, 0.717) is 11.1 Å². The molecule has 0 saturated carbocycles. The number of rotatable bonds is 2. The summed E-state index contributed by atoms with van der Waals surface area (Å²) in [6, 6.07) is 42.7. The van der Waals surface area contributed by atoms with Crippen LogP contribution in [0.15, 0.2) is 120 Å². The standard InChI is InChI=1S/C37H19N5O/c38-20-22-12-14-32-26(16-22)24-6-1-3-8-30(24)41(32)36-10-5-11-37(40-36)42-31-9-4-2-7-25(31)27-19-35-29(18-33(27)42)28-17-23(21-39)13-15-34(28)43-35/h1-19H. The van der Waals surface area contributed by atoms with E-state index in [4.69, 9.17) is 9.40 Å². The van der Waals surface area contributed by atoms with Gasteiger partial charge in [-0.1, -0.05) is 42.5 Å². The summed E-state index contributed by atoms with van der Waals surface area (Å²) < 4.78 is 10.6. The smallest absolute Gasteiger partial charge is 0.140 e. The third-order valence-corrected chi connectivity index (χ3v) is 8.37. The normalized spacial score (nSPS) is 11.7. The van der Waals surface area contributed by atoms with Crippen LogP contribution in [0.25, 0.3) is 77.2 Å². The second-order valence-corrected chi connectivity index (χ2v) is 10.7. The lowest BCUT2D eigenvalue weighted by Gasteiger charge is -2.11. The second kappa shape index (κ2) is 8.57. The number of furan rings is 1. The molecule has 9 aromatic rings. The monoisotopic (exact) mass is 549 g/mol. The molecule has 0 amide bonds. The van der Waals surface area contributed by atoms with Crippen molar-refractivity contribution in [2.75, 3.05) is 0 Å². The number of pyridine rings is 1. The fraction of sp³-hybridized carbons (Fsp3) is 0. The Bertz CT molecular complexity index is 2710. The quantitative estimate of drug-likeness (QED) is 0.215. The molecule has 198 valence electrons. The number of fused-ring (bicyclic) bond motifs is 9. The predicted molar refractivity (Wildman–Crippen MR) is 170 cm³/mol. The fourth-order valence-electron chi connectivity index (χ4n) is 6.50. The SMILES string of the molecule is N#Cc1ccc2oc3cc4c5ccccc5n(-c5cccc(-n6c7ccccc7c7cc(C#N)ccc76)n5)c4cc3c2c1. The van der Waals surface area contributed by atoms with Gasteiger partial charge in [0.1, 0.15) is 22.8 Å². The summed E-state index contributed by atoms with van der Waals surface area (Å²) in [6.45, 7) is 0. The van der Waals surface area contributed by atoms with Crippen molar-refractivity contribution in [1.82, 2.24) is 14.1 Å². The van der Waals surface area contributed by atoms with Crippen molar-refractivity contribution in [3.05, 3.63) is 126 Å². The number of para-hydroxylation sites is 2. The van der Waals surface area contributed by atoms with Gasteiger partial charge in [-0.05, 0) is 72.8 Å². The van der Waals surface area contributed by atoms with E-state index in [1.165, 1.54) is 0 Å². The summed E-state index contributed by atoms with van der Waals surface area (Å²) >= 11 is 0. The van der Waals surface area contributed by atoms with E-state index >= 15 is 0 Å². The molecule has 4 heterocycles. The Hall–Kier alpha value is -6.37. The van der Waals surface area contributed by atoms with Gasteiger partial charge in [-0.2, -0.15) is 10.5 Å². The number of hydrogen-bond acceptors (Lipinski definition) is 4. The van der Waals surface area contributed by atoms with Crippen LogP contribution in [0.5, 0.6) is 0 Å². The first kappa shape index (κ1) is 23.3. The van der Waals surface area contributed by atoms with Crippen LogP contribution < -0.4 is 0 Å². The molecule has 6 nitrogen and oxygen atoms in total. The first-order chi connectivity index (χ1) is 21.2. The number of aromatic nitrogens is 3. The maximum atomic E-state index is 9.55. The molecule has 0 aliphatic heterocycles. The van der Waals surface area contributed by atoms with Gasteiger partial charge in [-0.15, -0.1) is 0 Å². The molecule has 0 spiro atoms. The Balaban J connectivity index is 1.35. The molecule has 0 aliphatic rings. The van der Waals surface area contributed by atoms with Crippen LogP contribution >= 0.6 is 0 Å². The van der Waals surface area contributed by atoms with Crippen LogP contribution in [-0.2, 0) is 0 Å². The van der Waals surface area contributed by atoms with Gasteiger partial charge in [-0.25, -0.2) is 4.98 Å². The van der Waals surface area contributed by atoms with Gasteiger partial charge in [0.2, 0.25) is 0 Å². The number of hydrogen-bond donors (Lipinski definition) is 0. The largest absolute Gasteiger partial charge is 0.456 e. The van der Waals surface area contributed by atoms with E-state index in [2.05, 4.69) is 57.7 Å². The highest BCUT2D eigenvalue weighted by atomic mass is 16.3. The average molecular weight is 550 g/mol. The molecule has 0 atom stereocenters. The van der Waals surface area contributed by atoms with Crippen LogP contribution in [0.1, 0.15) is 11.1 Å². The number of benzene rings is 5. The Labute approximate surface area is 244 Å². The molecular weight excluding hydrogens is 530 g/mol. The molecule has 5 aromatic carbocycles. The van der Waals surface area contributed by atoms with Gasteiger partial charge < -0.3 is 4.42 Å². The average Bonchev–Trinajstić information content (AvgIpc) is 3.70. The van der Waals surface area contributed by atoms with Crippen LogP contribution in [0.2, 0.25) is 0 Å². The predicted octanol–water partition coefficient (Wildman–Crippen LogP) is 8.92. The zero-order valence-electron chi connectivity index (χ0n) is 22.6. The molecule has 43 heavy (non-hydrogen) atoms. The van der Waals surface area contributed by atoms with Crippen LogP contribution in [0.3, 0.4) is 0 Å². The van der Waals surface area contributed by atoms with Gasteiger partial charge in [0.05, 0.1) is 45.3 Å². The summed E-state index contributed by atoms with van der Waals surface area (Å²) in [5.41, 5.74) is 6.82. The first-order valence-electron chi connectivity index (χ1n) is 13.9. The van der Waals surface area contributed by atoms with Crippen molar-refractivity contribution < 1.29 is 4.42 Å². The molecule has 0 saturated heterocycles. The zero-order valence-corrected chi connectivity index (χ0v) is 22.6. The highest BCUT2D eigenvalue weighted by molar-refractivity contribution is 6.17. The van der Waals surface area contributed by atoms with Crippen LogP contribution in [0.4, 0.5) is 0 Å². The minimum absolute atomic E-state index is 0.596. The van der Waals surface area contributed by atoms with Crippen molar-refractivity contribution in [3.8, 4) is 23.8 Å². The fourth-order valence-corrected chi connectivity index (χ4v) is 6.50. The van der Waals surface area contributed by atoms with Crippen molar-refractivity contribution in [3.63, 3.8) is 0 Å². The van der Waals surface area contributed by atoms with Crippen molar-refractivity contribution in [1.29, 1.82) is 10.5 Å². The van der Waals surface area contributed by atoms with Gasteiger partial charge in [0.25, 0.3) is 0 Å². The molecular formula is C37H19N5O. The van der Waals surface area contributed by atoms with Gasteiger partial charge in [-0.3, -0.25) is 9.13 Å². The Morgan fingerprint density at radius 1 is 0.465 bits per heavy atom. The molecule has 9 rings (SSSR count). The Kier molecular flexibility index (Phi) is 4.65. The summed E-state index contributed by atoms with van der Waals surface area (Å²) in [7, 11) is 0. The second-order valence-electron chi connectivity index (χ2n) is 10.7. The topological polar surface area (TPSA) is 83.5 Å². The molecule has 0 aliphatic carbocycles. The third-order valence-electron chi connectivity index (χ3n) is 8.37. The maximum Gasteiger partial charge on any atom is 0.140 e. The summed E-state index contributed by atoms with van der Waals surface area (Å²) in [5, 5.41) is 25.2. The maximum absolute atomic E-state index is 9.55. The molecule has 0 radical (unpaired) electrons. The zero-order chi connectivity index (χ0) is 28.7. The van der Waals surface area contributed by atoms with Crippen LogP contribution in [0, 0.1) is 22.7 Å². The third kappa shape index (κ3) is 3.23. The van der Waals surface area contributed by atoms with E-state index in [-0.39, 0.29) is 0 Å². The van der Waals surface area contributed by atoms with E-state index in [1.807, 2.05) is 72.8 Å². The lowest BCUT2D eigenvalue weighted by Crippen LogP contribution is -2.03. The van der Waals surface area contributed by atoms with Crippen molar-refractivity contribution >= 4 is 65.6 Å². The lowest BCUT2D eigenvalue weighted by atomic mass is 10.1. The van der Waals surface area contributed by atoms with E-state index in [1.54, 1.807) is 6.07 Å². The van der Waals surface area contributed by atoms with E-state index in [0.717, 1.165) is 77.2 Å². The Morgan fingerprint density at radius 2 is 1.02 bits per heavy atom. The van der Waals surface area contributed by atoms with Gasteiger partial charge in [0, 0.05) is 32.3 Å². The molecule has 0 N–H and O–H groups in total.